The number of nitrogens with zero attached hydrogens (tertiary/aromatic N) is 1. The maximum Gasteiger partial charge on any atom is 0.328 e. The van der Waals surface area contributed by atoms with E-state index < -0.39 is 47.8 Å². The molecule has 0 aliphatic rings. The van der Waals surface area contributed by atoms with Crippen molar-refractivity contribution in [3.05, 3.63) is 43.7 Å². The van der Waals surface area contributed by atoms with Crippen molar-refractivity contribution in [2.24, 2.45) is 10.8 Å². The second-order valence-electron chi connectivity index (χ2n) is 8.67. The summed E-state index contributed by atoms with van der Waals surface area (Å²) in [4.78, 5) is 49.6. The first-order valence-electron chi connectivity index (χ1n) is 9.22. The van der Waals surface area contributed by atoms with Crippen LogP contribution >= 0.6 is 23.7 Å². The van der Waals surface area contributed by atoms with Crippen molar-refractivity contribution in [3.63, 3.8) is 0 Å². The number of esters is 2. The molecular weight excluding hydrogens is 479 g/mol. The first-order chi connectivity index (χ1) is 13.6. The zero-order chi connectivity index (χ0) is 23.3. The number of ether oxygens (including phenoxy) is 2. The fourth-order valence-electron chi connectivity index (χ4n) is 1.81. The van der Waals surface area contributed by atoms with Gasteiger partial charge in [-0.3, -0.25) is 23.9 Å². The summed E-state index contributed by atoms with van der Waals surface area (Å²) < 4.78 is 24.6. The van der Waals surface area contributed by atoms with E-state index in [4.69, 9.17) is 9.47 Å². The molecule has 1 heterocycles. The van der Waals surface area contributed by atoms with Crippen LogP contribution < -0.4 is 11.2 Å². The molecule has 0 saturated carbocycles. The third-order valence-corrected chi connectivity index (χ3v) is 5.64. The highest BCUT2D eigenvalue weighted by Crippen LogP contribution is 2.34. The molecule has 1 unspecified atom stereocenters. The van der Waals surface area contributed by atoms with Crippen molar-refractivity contribution in [2.45, 2.75) is 54.1 Å². The van der Waals surface area contributed by atoms with E-state index in [0.29, 0.717) is 0 Å². The van der Waals surface area contributed by atoms with E-state index in [1.54, 1.807) is 47.6 Å². The quantitative estimate of drug-likeness (QED) is 0.261. The Kier molecular flexibility index (Phi) is 9.05. The van der Waals surface area contributed by atoms with Crippen LogP contribution in [0.5, 0.6) is 0 Å². The Balaban J connectivity index is 2.88. The molecule has 11 heteroatoms. The monoisotopic (exact) mass is 506 g/mol. The van der Waals surface area contributed by atoms with E-state index >= 15 is 0 Å². The molecule has 0 spiro atoms. The first kappa shape index (κ1) is 26.1. The molecule has 30 heavy (non-hydrogen) atoms. The van der Waals surface area contributed by atoms with Crippen LogP contribution in [0.4, 0.5) is 0 Å². The van der Waals surface area contributed by atoms with Crippen molar-refractivity contribution in [1.29, 1.82) is 0 Å². The van der Waals surface area contributed by atoms with Crippen LogP contribution in [0.25, 0.3) is 0 Å². The van der Waals surface area contributed by atoms with Gasteiger partial charge in [-0.05, 0) is 57.5 Å². The SMILES string of the molecule is CC(C)(C)C(=O)OC(OC(=O)C(C)(C)C)[PH](=O)CC=CCn1cc(Br)c(=O)[nH]c1=O. The summed E-state index contributed by atoms with van der Waals surface area (Å²) in [6, 6.07) is -1.48. The highest BCUT2D eigenvalue weighted by atomic mass is 79.9. The molecule has 1 aromatic heterocycles. The second-order valence-corrected chi connectivity index (χ2v) is 11.3. The van der Waals surface area contributed by atoms with Crippen molar-refractivity contribution in [2.75, 3.05) is 6.16 Å². The van der Waals surface area contributed by atoms with Crippen LogP contribution in [-0.2, 0) is 30.2 Å². The van der Waals surface area contributed by atoms with Crippen LogP contribution in [-0.4, -0.2) is 33.7 Å². The number of hydrogen-bond acceptors (Lipinski definition) is 7. The number of aromatic amines is 1. The average Bonchev–Trinajstić information content (AvgIpc) is 2.60. The van der Waals surface area contributed by atoms with Crippen molar-refractivity contribution in [3.8, 4) is 0 Å². The lowest BCUT2D eigenvalue weighted by molar-refractivity contribution is -0.184. The molecule has 168 valence electrons. The number of hydrogen-bond donors (Lipinski definition) is 1. The molecule has 9 nitrogen and oxygen atoms in total. The predicted octanol–water partition coefficient (Wildman–Crippen LogP) is 2.88. The van der Waals surface area contributed by atoms with Gasteiger partial charge < -0.3 is 14.0 Å². The van der Waals surface area contributed by atoms with Crippen molar-refractivity contribution >= 4 is 35.7 Å². The van der Waals surface area contributed by atoms with Crippen LogP contribution in [0.3, 0.4) is 0 Å². The summed E-state index contributed by atoms with van der Waals surface area (Å²) in [7, 11) is -2.69. The molecule has 0 aliphatic heterocycles. The lowest BCUT2D eigenvalue weighted by Crippen LogP contribution is -2.33. The van der Waals surface area contributed by atoms with Gasteiger partial charge in [0.25, 0.3) is 11.6 Å². The van der Waals surface area contributed by atoms with Gasteiger partial charge in [0, 0.05) is 18.9 Å². The lowest BCUT2D eigenvalue weighted by atomic mass is 9.97. The van der Waals surface area contributed by atoms with Gasteiger partial charge in [0.1, 0.15) is 0 Å². The van der Waals surface area contributed by atoms with Gasteiger partial charge in [-0.25, -0.2) is 4.79 Å². The number of aromatic nitrogens is 2. The molecule has 1 atom stereocenters. The molecule has 0 aliphatic carbocycles. The maximum absolute atomic E-state index is 12.7. The van der Waals surface area contributed by atoms with Crippen LogP contribution in [0, 0.1) is 10.8 Å². The van der Waals surface area contributed by atoms with E-state index in [2.05, 4.69) is 20.9 Å². The van der Waals surface area contributed by atoms with Gasteiger partial charge in [0.2, 0.25) is 0 Å². The smallest absolute Gasteiger partial charge is 0.328 e. The molecule has 0 fully saturated rings. The summed E-state index contributed by atoms with van der Waals surface area (Å²) >= 11 is 3.04. The Bertz CT molecular complexity index is 923. The molecular formula is C19H28BrN2O7P. The van der Waals surface area contributed by atoms with Gasteiger partial charge in [-0.2, -0.15) is 0 Å². The number of halogens is 1. The zero-order valence-corrected chi connectivity index (χ0v) is 20.5. The Morgan fingerprint density at radius 2 is 1.60 bits per heavy atom. The van der Waals surface area contributed by atoms with Gasteiger partial charge >= 0.3 is 17.6 Å². The largest absolute Gasteiger partial charge is 0.418 e. The average molecular weight is 507 g/mol. The number of carbonyl (C=O) groups excluding carboxylic acids is 2. The summed E-state index contributed by atoms with van der Waals surface area (Å²) in [6.45, 7) is 9.93. The molecule has 0 saturated heterocycles. The van der Waals surface area contributed by atoms with Crippen molar-refractivity contribution in [1.82, 2.24) is 9.55 Å². The van der Waals surface area contributed by atoms with Gasteiger partial charge in [-0.1, -0.05) is 12.2 Å². The molecule has 1 rings (SSSR count). The minimum Gasteiger partial charge on any atom is -0.418 e. The maximum atomic E-state index is 12.7. The minimum atomic E-state index is -2.69. The van der Waals surface area contributed by atoms with Gasteiger partial charge in [-0.15, -0.1) is 0 Å². The highest BCUT2D eigenvalue weighted by Gasteiger charge is 2.34. The fraction of sp³-hybridized carbons (Fsp3) is 0.579. The van der Waals surface area contributed by atoms with E-state index in [1.165, 1.54) is 16.8 Å². The third kappa shape index (κ3) is 8.07. The topological polar surface area (TPSA) is 125 Å². The third-order valence-electron chi connectivity index (χ3n) is 3.67. The summed E-state index contributed by atoms with van der Waals surface area (Å²) in [5, 5.41) is 0. The zero-order valence-electron chi connectivity index (χ0n) is 17.9. The number of carbonyl (C=O) groups is 2. The molecule has 1 aromatic rings. The normalized spacial score (nSPS) is 13.5. The van der Waals surface area contributed by atoms with E-state index in [1.807, 2.05) is 0 Å². The summed E-state index contributed by atoms with van der Waals surface area (Å²) in [6.07, 6.45) is 4.44. The van der Waals surface area contributed by atoms with Gasteiger partial charge in [0.05, 0.1) is 15.3 Å². The van der Waals surface area contributed by atoms with E-state index in [9.17, 15) is 23.7 Å². The standard InChI is InChI=1S/C19H28BrN2O7P/c1-18(2,3)14(24)28-17(29-15(25)19(4,5)6)30(27)10-8-7-9-22-11-12(20)13(23)21-16(22)26/h7-8,11,17,30H,9-10H2,1-6H3,(H,21,23,26). The number of nitrogens with one attached hydrogen (secondary N) is 1. The number of rotatable bonds is 7. The van der Waals surface area contributed by atoms with Crippen LogP contribution in [0.15, 0.2) is 32.4 Å². The Morgan fingerprint density at radius 1 is 1.10 bits per heavy atom. The lowest BCUT2D eigenvalue weighted by Gasteiger charge is -2.25. The van der Waals surface area contributed by atoms with Crippen LogP contribution in [0.1, 0.15) is 41.5 Å². The van der Waals surface area contributed by atoms with Crippen LogP contribution in [0.2, 0.25) is 0 Å². The van der Waals surface area contributed by atoms with E-state index in [0.717, 1.165) is 0 Å². The molecule has 0 aromatic carbocycles. The second kappa shape index (κ2) is 10.4. The molecule has 0 bridgehead atoms. The van der Waals surface area contributed by atoms with Gasteiger partial charge in [0.15, 0.2) is 7.80 Å². The highest BCUT2D eigenvalue weighted by molar-refractivity contribution is 9.10. The summed E-state index contributed by atoms with van der Waals surface area (Å²) in [5.41, 5.74) is -2.84. The molecule has 0 radical (unpaired) electrons. The molecule has 0 amide bonds. The number of H-pyrrole nitrogens is 1. The predicted molar refractivity (Wildman–Crippen MR) is 117 cm³/mol. The number of allylic oxidation sites excluding steroid dienone is 2. The van der Waals surface area contributed by atoms with Crippen molar-refractivity contribution < 1.29 is 23.6 Å². The minimum absolute atomic E-state index is 0.0105. The molecule has 1 N–H and O–H groups in total. The summed E-state index contributed by atoms with van der Waals surface area (Å²) in [5.74, 6) is -1.28. The van der Waals surface area contributed by atoms with E-state index in [-0.39, 0.29) is 17.2 Å². The Labute approximate surface area is 183 Å². The Hall–Kier alpha value is -1.93. The first-order valence-corrected chi connectivity index (χ1v) is 11.7. The Morgan fingerprint density at radius 3 is 2.07 bits per heavy atom. The fourth-order valence-corrected chi connectivity index (χ4v) is 3.22.